The highest BCUT2D eigenvalue weighted by Gasteiger charge is 2.01. The number of allylic oxidation sites excluding steroid dienone is 1. The van der Waals surface area contributed by atoms with E-state index in [2.05, 4.69) is 0 Å². The minimum atomic E-state index is -1.11. The Morgan fingerprint density at radius 3 is 2.46 bits per heavy atom. The van der Waals surface area contributed by atoms with Gasteiger partial charge in [0.1, 0.15) is 6.07 Å². The molecule has 0 aliphatic rings. The van der Waals surface area contributed by atoms with Crippen molar-refractivity contribution in [1.29, 1.82) is 5.26 Å². The fourth-order valence-corrected chi connectivity index (χ4v) is 0.921. The highest BCUT2D eigenvalue weighted by atomic mass is 16.4. The van der Waals surface area contributed by atoms with Crippen LogP contribution in [0.25, 0.3) is 5.57 Å². The predicted molar refractivity (Wildman–Crippen MR) is 47.7 cm³/mol. The average Bonchev–Trinajstić information content (AvgIpc) is 2.15. The zero-order chi connectivity index (χ0) is 9.68. The second-order valence-electron chi connectivity index (χ2n) is 2.37. The summed E-state index contributed by atoms with van der Waals surface area (Å²) in [5, 5.41) is 17.1. The van der Waals surface area contributed by atoms with Crippen molar-refractivity contribution in [2.24, 2.45) is 0 Å². The lowest BCUT2D eigenvalue weighted by atomic mass is 10.1. The lowest BCUT2D eigenvalue weighted by Crippen LogP contribution is -1.90. The van der Waals surface area contributed by atoms with Gasteiger partial charge in [0.15, 0.2) is 0 Å². The van der Waals surface area contributed by atoms with Crippen molar-refractivity contribution in [2.45, 2.75) is 0 Å². The maximum atomic E-state index is 10.3. The molecule has 0 unspecified atom stereocenters. The van der Waals surface area contributed by atoms with Crippen LogP contribution in [0.5, 0.6) is 0 Å². The number of hydrogen-bond acceptors (Lipinski definition) is 2. The summed E-state index contributed by atoms with van der Waals surface area (Å²) in [7, 11) is 0. The molecule has 0 bridgehead atoms. The minimum absolute atomic E-state index is 0.160. The van der Waals surface area contributed by atoms with Crippen molar-refractivity contribution in [3.05, 3.63) is 42.0 Å². The first-order chi connectivity index (χ1) is 6.24. The van der Waals surface area contributed by atoms with Crippen LogP contribution in [0.3, 0.4) is 0 Å². The largest absolute Gasteiger partial charge is 0.478 e. The number of carboxylic acid groups (broad SMARTS) is 1. The van der Waals surface area contributed by atoms with Crippen LogP contribution < -0.4 is 0 Å². The maximum absolute atomic E-state index is 10.3. The van der Waals surface area contributed by atoms with Crippen molar-refractivity contribution >= 4 is 11.5 Å². The lowest BCUT2D eigenvalue weighted by molar-refractivity contribution is -0.131. The van der Waals surface area contributed by atoms with Gasteiger partial charge < -0.3 is 5.11 Å². The van der Waals surface area contributed by atoms with Crippen LogP contribution in [-0.2, 0) is 4.79 Å². The molecular weight excluding hydrogens is 166 g/mol. The molecule has 0 saturated heterocycles. The first-order valence-corrected chi connectivity index (χ1v) is 3.64. The monoisotopic (exact) mass is 173 g/mol. The Morgan fingerprint density at radius 1 is 1.38 bits per heavy atom. The number of rotatable bonds is 2. The third-order valence-corrected chi connectivity index (χ3v) is 1.47. The van der Waals surface area contributed by atoms with Gasteiger partial charge in [-0.3, -0.25) is 0 Å². The zero-order valence-electron chi connectivity index (χ0n) is 6.77. The first-order valence-electron chi connectivity index (χ1n) is 3.64. The lowest BCUT2D eigenvalue weighted by Gasteiger charge is -1.95. The van der Waals surface area contributed by atoms with Gasteiger partial charge in [-0.15, -0.1) is 0 Å². The summed E-state index contributed by atoms with van der Waals surface area (Å²) >= 11 is 0. The van der Waals surface area contributed by atoms with Crippen LogP contribution >= 0.6 is 0 Å². The normalized spacial score (nSPS) is 10.5. The summed E-state index contributed by atoms with van der Waals surface area (Å²) in [6, 6.07) is 10.5. The summed E-state index contributed by atoms with van der Waals surface area (Å²) < 4.78 is 0. The maximum Gasteiger partial charge on any atom is 0.329 e. The summed E-state index contributed by atoms with van der Waals surface area (Å²) in [5.41, 5.74) is 0.778. The summed E-state index contributed by atoms with van der Waals surface area (Å²) in [6.45, 7) is 0. The Morgan fingerprint density at radius 2 is 2.00 bits per heavy atom. The van der Waals surface area contributed by atoms with Crippen molar-refractivity contribution in [3.8, 4) is 6.07 Å². The smallest absolute Gasteiger partial charge is 0.329 e. The highest BCUT2D eigenvalue weighted by Crippen LogP contribution is 2.11. The molecule has 0 aliphatic carbocycles. The standard InChI is InChI=1S/C10H7NO2/c11-7-9(6-10(12)13)8-4-2-1-3-5-8/h1-6H,(H,12,13)/b9-6-. The third-order valence-electron chi connectivity index (χ3n) is 1.47. The summed E-state index contributed by atoms with van der Waals surface area (Å²) in [4.78, 5) is 10.3. The first kappa shape index (κ1) is 9.01. The van der Waals surface area contributed by atoms with Gasteiger partial charge in [-0.2, -0.15) is 5.26 Å². The Kier molecular flexibility index (Phi) is 2.82. The molecule has 0 heterocycles. The van der Waals surface area contributed by atoms with Gasteiger partial charge in [-0.05, 0) is 5.56 Å². The molecule has 0 aliphatic heterocycles. The summed E-state index contributed by atoms with van der Waals surface area (Å²) in [5.74, 6) is -1.11. The van der Waals surface area contributed by atoms with Crippen LogP contribution in [0.4, 0.5) is 0 Å². The molecule has 0 radical (unpaired) electrons. The quantitative estimate of drug-likeness (QED) is 0.546. The number of aliphatic carboxylic acids is 1. The molecule has 0 amide bonds. The molecule has 0 saturated carbocycles. The number of nitrogens with zero attached hydrogens (tertiary/aromatic N) is 1. The Balaban J connectivity index is 3.07. The molecule has 0 spiro atoms. The minimum Gasteiger partial charge on any atom is -0.478 e. The average molecular weight is 173 g/mol. The van der Waals surface area contributed by atoms with E-state index in [9.17, 15) is 4.79 Å². The van der Waals surface area contributed by atoms with E-state index in [0.717, 1.165) is 6.08 Å². The number of carbonyl (C=O) groups is 1. The SMILES string of the molecule is N#C/C(=C/C(=O)O)c1ccccc1. The molecule has 1 N–H and O–H groups in total. The molecule has 0 aromatic heterocycles. The zero-order valence-corrected chi connectivity index (χ0v) is 6.77. The number of benzene rings is 1. The van der Waals surface area contributed by atoms with E-state index in [-0.39, 0.29) is 5.57 Å². The van der Waals surface area contributed by atoms with Crippen LogP contribution in [-0.4, -0.2) is 11.1 Å². The predicted octanol–water partition coefficient (Wildman–Crippen LogP) is 1.68. The van der Waals surface area contributed by atoms with E-state index in [1.807, 2.05) is 6.07 Å². The van der Waals surface area contributed by atoms with Gasteiger partial charge in [-0.25, -0.2) is 4.79 Å². The Bertz CT molecular complexity index is 374. The van der Waals surface area contributed by atoms with E-state index in [1.165, 1.54) is 0 Å². The summed E-state index contributed by atoms with van der Waals surface area (Å²) in [6.07, 6.45) is 0.898. The van der Waals surface area contributed by atoms with Crippen molar-refractivity contribution in [3.63, 3.8) is 0 Å². The van der Waals surface area contributed by atoms with Gasteiger partial charge in [0, 0.05) is 6.08 Å². The van der Waals surface area contributed by atoms with Crippen molar-refractivity contribution < 1.29 is 9.90 Å². The Hall–Kier alpha value is -2.08. The molecule has 3 heteroatoms. The second-order valence-corrected chi connectivity index (χ2v) is 2.37. The van der Waals surface area contributed by atoms with E-state index in [0.29, 0.717) is 5.56 Å². The molecule has 64 valence electrons. The second kappa shape index (κ2) is 4.07. The fourth-order valence-electron chi connectivity index (χ4n) is 0.921. The van der Waals surface area contributed by atoms with Gasteiger partial charge in [0.25, 0.3) is 0 Å². The van der Waals surface area contributed by atoms with Crippen molar-refractivity contribution in [2.75, 3.05) is 0 Å². The van der Waals surface area contributed by atoms with Crippen molar-refractivity contribution in [1.82, 2.24) is 0 Å². The van der Waals surface area contributed by atoms with E-state index in [4.69, 9.17) is 10.4 Å². The van der Waals surface area contributed by atoms with Crippen LogP contribution in [0, 0.1) is 11.3 Å². The molecule has 13 heavy (non-hydrogen) atoms. The molecule has 1 aromatic rings. The molecular formula is C10H7NO2. The molecule has 3 nitrogen and oxygen atoms in total. The van der Waals surface area contributed by atoms with Gasteiger partial charge in [-0.1, -0.05) is 30.3 Å². The topological polar surface area (TPSA) is 61.1 Å². The van der Waals surface area contributed by atoms with Gasteiger partial charge >= 0.3 is 5.97 Å². The fraction of sp³-hybridized carbons (Fsp3) is 0. The van der Waals surface area contributed by atoms with E-state index in [1.54, 1.807) is 30.3 Å². The highest BCUT2D eigenvalue weighted by molar-refractivity contribution is 5.94. The van der Waals surface area contributed by atoms with E-state index >= 15 is 0 Å². The molecule has 0 fully saturated rings. The number of nitriles is 1. The van der Waals surface area contributed by atoms with E-state index < -0.39 is 5.97 Å². The van der Waals surface area contributed by atoms with Crippen LogP contribution in [0.15, 0.2) is 36.4 Å². The molecule has 1 rings (SSSR count). The van der Waals surface area contributed by atoms with Gasteiger partial charge in [0.05, 0.1) is 5.57 Å². The van der Waals surface area contributed by atoms with Gasteiger partial charge in [0.2, 0.25) is 0 Å². The molecule has 1 aromatic carbocycles. The molecule has 0 atom stereocenters. The number of hydrogen-bond donors (Lipinski definition) is 1. The Labute approximate surface area is 75.5 Å². The number of carboxylic acids is 1. The third kappa shape index (κ3) is 2.46. The van der Waals surface area contributed by atoms with Crippen LogP contribution in [0.2, 0.25) is 0 Å². The van der Waals surface area contributed by atoms with Crippen LogP contribution in [0.1, 0.15) is 5.56 Å².